The molecule has 0 spiro atoms. The van der Waals surface area contributed by atoms with E-state index in [1.165, 1.54) is 5.57 Å². The van der Waals surface area contributed by atoms with Gasteiger partial charge in [0.2, 0.25) is 0 Å². The van der Waals surface area contributed by atoms with Crippen molar-refractivity contribution in [3.8, 4) is 5.75 Å². The van der Waals surface area contributed by atoms with E-state index in [4.69, 9.17) is 9.15 Å². The lowest BCUT2D eigenvalue weighted by Gasteiger charge is -2.32. The van der Waals surface area contributed by atoms with Crippen molar-refractivity contribution in [3.05, 3.63) is 119 Å². The van der Waals surface area contributed by atoms with Crippen molar-refractivity contribution in [2.24, 2.45) is 5.92 Å². The van der Waals surface area contributed by atoms with E-state index < -0.39 is 7.14 Å². The van der Waals surface area contributed by atoms with E-state index in [0.29, 0.717) is 11.5 Å². The van der Waals surface area contributed by atoms with E-state index in [-0.39, 0.29) is 12.0 Å². The summed E-state index contributed by atoms with van der Waals surface area (Å²) < 4.78 is 28.8. The number of furan rings is 1. The maximum Gasteiger partial charge on any atom is 0.170 e. The largest absolute Gasteiger partial charge is 0.484 e. The normalized spacial score (nSPS) is 22.2. The third kappa shape index (κ3) is 3.37. The molecule has 3 atom stereocenters. The fourth-order valence-corrected chi connectivity index (χ4v) is 9.41. The van der Waals surface area contributed by atoms with Gasteiger partial charge in [0.15, 0.2) is 7.14 Å². The number of benzene rings is 3. The maximum atomic E-state index is 15.8. The van der Waals surface area contributed by atoms with Crippen molar-refractivity contribution in [2.75, 3.05) is 0 Å². The van der Waals surface area contributed by atoms with E-state index in [2.05, 4.69) is 56.4 Å². The lowest BCUT2D eigenvalue weighted by molar-refractivity contribution is 0.263. The van der Waals surface area contributed by atoms with Gasteiger partial charge in [-0.05, 0) is 42.3 Å². The number of hydrogen-bond acceptors (Lipinski definition) is 3. The fraction of sp³-hybridized carbons (Fsp3) is 0.212. The molecule has 7 rings (SSSR count). The Hall–Kier alpha value is -3.55. The highest BCUT2D eigenvalue weighted by molar-refractivity contribution is 7.79. The molecular weight excluding hydrogens is 475 g/mol. The van der Waals surface area contributed by atoms with Crippen LogP contribution in [-0.2, 0) is 4.57 Å². The second-order valence-corrected chi connectivity index (χ2v) is 13.3. The van der Waals surface area contributed by atoms with E-state index in [1.54, 1.807) is 0 Å². The molecule has 1 aromatic heterocycles. The minimum Gasteiger partial charge on any atom is -0.484 e. The van der Waals surface area contributed by atoms with Crippen molar-refractivity contribution in [1.29, 1.82) is 0 Å². The molecule has 0 N–H and O–H groups in total. The van der Waals surface area contributed by atoms with Crippen molar-refractivity contribution >= 4 is 34.4 Å². The second kappa shape index (κ2) is 8.50. The van der Waals surface area contributed by atoms with Crippen LogP contribution in [-0.4, -0.2) is 6.10 Å². The van der Waals surface area contributed by atoms with Gasteiger partial charge in [-0.15, -0.1) is 0 Å². The summed E-state index contributed by atoms with van der Waals surface area (Å²) in [4.78, 5) is 0. The summed E-state index contributed by atoms with van der Waals surface area (Å²) in [5.41, 5.74) is 4.09. The molecule has 0 radical (unpaired) electrons. The van der Waals surface area contributed by atoms with Crippen LogP contribution in [0.3, 0.4) is 0 Å². The van der Waals surface area contributed by atoms with Crippen LogP contribution < -0.4 is 10.0 Å². The number of para-hydroxylation sites is 3. The van der Waals surface area contributed by atoms with Crippen LogP contribution >= 0.6 is 7.14 Å². The molecule has 2 aliphatic carbocycles. The van der Waals surface area contributed by atoms with Crippen LogP contribution in [0.15, 0.2) is 118 Å². The summed E-state index contributed by atoms with van der Waals surface area (Å²) in [5, 5.41) is 4.66. The van der Waals surface area contributed by atoms with Gasteiger partial charge >= 0.3 is 0 Å². The van der Waals surface area contributed by atoms with Gasteiger partial charge in [0.05, 0.1) is 5.30 Å². The summed E-state index contributed by atoms with van der Waals surface area (Å²) in [5.74, 6) is 1.40. The van der Waals surface area contributed by atoms with Crippen LogP contribution in [0.1, 0.15) is 38.2 Å². The van der Waals surface area contributed by atoms with Gasteiger partial charge in [0.1, 0.15) is 23.0 Å². The third-order valence-corrected chi connectivity index (χ3v) is 11.5. The Morgan fingerprint density at radius 2 is 1.68 bits per heavy atom. The van der Waals surface area contributed by atoms with E-state index >= 15 is 4.57 Å². The molecule has 3 unspecified atom stereocenters. The van der Waals surface area contributed by atoms with Gasteiger partial charge in [-0.1, -0.05) is 98.3 Å². The molecule has 37 heavy (non-hydrogen) atoms. The van der Waals surface area contributed by atoms with Gasteiger partial charge in [-0.3, -0.25) is 0 Å². The highest BCUT2D eigenvalue weighted by Gasteiger charge is 2.47. The Morgan fingerprint density at radius 1 is 0.865 bits per heavy atom. The zero-order chi connectivity index (χ0) is 25.1. The van der Waals surface area contributed by atoms with E-state index in [0.717, 1.165) is 56.4 Å². The van der Waals surface area contributed by atoms with E-state index in [1.807, 2.05) is 54.6 Å². The Bertz CT molecular complexity index is 1730. The van der Waals surface area contributed by atoms with Gasteiger partial charge < -0.3 is 13.7 Å². The molecule has 0 fully saturated rings. The molecule has 3 nitrogen and oxygen atoms in total. The highest BCUT2D eigenvalue weighted by Crippen LogP contribution is 2.67. The van der Waals surface area contributed by atoms with Crippen molar-refractivity contribution in [3.63, 3.8) is 0 Å². The van der Waals surface area contributed by atoms with Crippen LogP contribution in [0, 0.1) is 5.92 Å². The molecule has 3 aromatic carbocycles. The third-order valence-electron chi connectivity index (χ3n) is 8.13. The Balaban J connectivity index is 1.47. The average Bonchev–Trinajstić information content (AvgIpc) is 3.51. The van der Waals surface area contributed by atoms with Gasteiger partial charge in [-0.25, -0.2) is 0 Å². The summed E-state index contributed by atoms with van der Waals surface area (Å²) in [6, 6.07) is 22.3. The number of ether oxygens (including phenoxy) is 1. The SMILES string of the molecule is CC(C)C1=CC=C(P(=O)(C2=CC=CC3c4ccccc4OC23)c2cccc3c2oc2ccccc23)CC1. The van der Waals surface area contributed by atoms with Gasteiger partial charge in [-0.2, -0.15) is 0 Å². The van der Waals surface area contributed by atoms with Crippen LogP contribution in [0.2, 0.25) is 0 Å². The predicted molar refractivity (Wildman–Crippen MR) is 152 cm³/mol. The van der Waals surface area contributed by atoms with Crippen molar-refractivity contribution in [2.45, 2.75) is 38.7 Å². The van der Waals surface area contributed by atoms with Crippen LogP contribution in [0.5, 0.6) is 5.75 Å². The minimum absolute atomic E-state index is 0.0466. The number of allylic oxidation sites excluding steroid dienone is 6. The number of hydrogen-bond donors (Lipinski definition) is 0. The lowest BCUT2D eigenvalue weighted by atomic mass is 9.92. The average molecular weight is 505 g/mol. The first-order chi connectivity index (χ1) is 18.1. The molecule has 2 heterocycles. The summed E-state index contributed by atoms with van der Waals surface area (Å²) in [7, 11) is -3.27. The molecule has 0 saturated heterocycles. The smallest absolute Gasteiger partial charge is 0.170 e. The Labute approximate surface area is 217 Å². The second-order valence-electron chi connectivity index (χ2n) is 10.5. The first-order valence-electron chi connectivity index (χ1n) is 13.1. The molecule has 4 heteroatoms. The molecule has 4 aromatic rings. The fourth-order valence-electron chi connectivity index (χ4n) is 6.16. The number of fused-ring (bicyclic) bond motifs is 6. The Kier molecular flexibility index (Phi) is 5.20. The topological polar surface area (TPSA) is 39.4 Å². The molecule has 184 valence electrons. The van der Waals surface area contributed by atoms with Crippen LogP contribution in [0.25, 0.3) is 21.9 Å². The number of rotatable bonds is 4. The Morgan fingerprint density at radius 3 is 2.51 bits per heavy atom. The molecule has 0 saturated carbocycles. The van der Waals surface area contributed by atoms with Crippen molar-refractivity contribution < 1.29 is 13.7 Å². The maximum absolute atomic E-state index is 15.8. The molecule has 3 aliphatic rings. The summed E-state index contributed by atoms with van der Waals surface area (Å²) >= 11 is 0. The van der Waals surface area contributed by atoms with Gasteiger partial charge in [0.25, 0.3) is 0 Å². The molecule has 1 aliphatic heterocycles. The quantitative estimate of drug-likeness (QED) is 0.261. The molecule has 0 bridgehead atoms. The first-order valence-corrected chi connectivity index (χ1v) is 14.8. The zero-order valence-corrected chi connectivity index (χ0v) is 22.0. The first kappa shape index (κ1) is 22.6. The summed E-state index contributed by atoms with van der Waals surface area (Å²) in [6.07, 6.45) is 12.0. The van der Waals surface area contributed by atoms with Crippen molar-refractivity contribution in [1.82, 2.24) is 0 Å². The lowest BCUT2D eigenvalue weighted by Crippen LogP contribution is -2.26. The minimum atomic E-state index is -3.27. The summed E-state index contributed by atoms with van der Waals surface area (Å²) in [6.45, 7) is 4.45. The standard InChI is InChI=1S/C33H29O3P/c1-21(2)22-17-19-23(20-18-22)37(34,30-15-7-11-26-24-9-3-5-13-28(24)35-32(26)30)31-16-8-12-27-25-10-4-6-14-29(25)36-33(27)31/h3-17,19,21,26,32H,18,20H2,1-2H3. The predicted octanol–water partition coefficient (Wildman–Crippen LogP) is 8.83. The molecular formula is C33H29O3P. The zero-order valence-electron chi connectivity index (χ0n) is 21.1. The van der Waals surface area contributed by atoms with Gasteiger partial charge in [0, 0.05) is 27.6 Å². The monoisotopic (exact) mass is 504 g/mol. The molecule has 0 amide bonds. The van der Waals surface area contributed by atoms with Crippen LogP contribution in [0.4, 0.5) is 0 Å². The highest BCUT2D eigenvalue weighted by atomic mass is 31.2. The van der Waals surface area contributed by atoms with E-state index in [9.17, 15) is 0 Å².